The van der Waals surface area contributed by atoms with Crippen LogP contribution in [0.3, 0.4) is 0 Å². The minimum Gasteiger partial charge on any atom is -0.338 e. The van der Waals surface area contributed by atoms with Crippen molar-refractivity contribution in [3.63, 3.8) is 0 Å². The van der Waals surface area contributed by atoms with Crippen molar-refractivity contribution in [2.75, 3.05) is 25.0 Å². The van der Waals surface area contributed by atoms with Crippen molar-refractivity contribution >= 4 is 27.6 Å². The number of halogens is 1. The molecule has 0 aliphatic carbocycles. The van der Waals surface area contributed by atoms with Gasteiger partial charge in [0.2, 0.25) is 0 Å². The van der Waals surface area contributed by atoms with Crippen LogP contribution in [0.5, 0.6) is 0 Å². The van der Waals surface area contributed by atoms with E-state index in [1.165, 1.54) is 0 Å². The van der Waals surface area contributed by atoms with E-state index in [0.29, 0.717) is 5.92 Å². The van der Waals surface area contributed by atoms with Crippen LogP contribution in [0.1, 0.15) is 6.42 Å². The van der Waals surface area contributed by atoms with E-state index >= 15 is 0 Å². The van der Waals surface area contributed by atoms with Gasteiger partial charge in [0.15, 0.2) is 0 Å². The molecular weight excluding hydrogens is 282 g/mol. The molecule has 1 atom stereocenters. The number of carbonyl (C=O) groups excluding carboxylic acids is 1. The smallest absolute Gasteiger partial charge is 0.319 e. The Bertz CT molecular complexity index is 374. The van der Waals surface area contributed by atoms with Crippen LogP contribution in [0, 0.1) is 5.92 Å². The number of rotatable bonds is 3. The minimum atomic E-state index is -0.140. The van der Waals surface area contributed by atoms with Crippen molar-refractivity contribution in [3.05, 3.63) is 28.7 Å². The molecule has 5 heteroatoms. The van der Waals surface area contributed by atoms with Gasteiger partial charge in [0.25, 0.3) is 0 Å². The molecule has 1 fully saturated rings. The highest BCUT2D eigenvalue weighted by Crippen LogP contribution is 2.13. The Morgan fingerprint density at radius 2 is 2.18 bits per heavy atom. The quantitative estimate of drug-likeness (QED) is 0.801. The first-order valence-corrected chi connectivity index (χ1v) is 6.54. The lowest BCUT2D eigenvalue weighted by Crippen LogP contribution is -2.33. The van der Waals surface area contributed by atoms with Gasteiger partial charge in [-0.1, -0.05) is 15.9 Å². The summed E-state index contributed by atoms with van der Waals surface area (Å²) in [5.74, 6) is 0.561. The van der Waals surface area contributed by atoms with Gasteiger partial charge < -0.3 is 16.0 Å². The molecule has 1 aromatic carbocycles. The molecule has 2 rings (SSSR count). The van der Waals surface area contributed by atoms with E-state index in [1.807, 2.05) is 24.3 Å². The van der Waals surface area contributed by atoms with Crippen LogP contribution >= 0.6 is 15.9 Å². The lowest BCUT2D eigenvalue weighted by Gasteiger charge is -2.11. The van der Waals surface area contributed by atoms with E-state index in [1.54, 1.807) is 0 Å². The third-order valence-electron chi connectivity index (χ3n) is 2.82. The van der Waals surface area contributed by atoms with Gasteiger partial charge >= 0.3 is 6.03 Å². The molecule has 1 aliphatic rings. The summed E-state index contributed by atoms with van der Waals surface area (Å²) in [4.78, 5) is 11.6. The maximum atomic E-state index is 11.6. The van der Waals surface area contributed by atoms with Gasteiger partial charge in [0.05, 0.1) is 0 Å². The summed E-state index contributed by atoms with van der Waals surface area (Å²) in [6.45, 7) is 2.79. The number of hydrogen-bond acceptors (Lipinski definition) is 2. The molecule has 1 saturated heterocycles. The van der Waals surface area contributed by atoms with Crippen LogP contribution in [-0.2, 0) is 0 Å². The van der Waals surface area contributed by atoms with Gasteiger partial charge in [-0.05, 0) is 49.7 Å². The third-order valence-corrected chi connectivity index (χ3v) is 3.34. The topological polar surface area (TPSA) is 53.2 Å². The third kappa shape index (κ3) is 4.02. The standard InChI is InChI=1S/C12H16BrN3O/c13-10-1-3-11(4-2-10)16-12(17)15-8-9-5-6-14-7-9/h1-4,9,14H,5-8H2,(H2,15,16,17). The summed E-state index contributed by atoms with van der Waals surface area (Å²) >= 11 is 3.35. The van der Waals surface area contributed by atoms with E-state index in [4.69, 9.17) is 0 Å². The first-order valence-electron chi connectivity index (χ1n) is 5.75. The van der Waals surface area contributed by atoms with Crippen LogP contribution < -0.4 is 16.0 Å². The zero-order valence-corrected chi connectivity index (χ0v) is 11.1. The fraction of sp³-hybridized carbons (Fsp3) is 0.417. The van der Waals surface area contributed by atoms with Crippen molar-refractivity contribution < 1.29 is 4.79 Å². The van der Waals surface area contributed by atoms with Gasteiger partial charge in [-0.3, -0.25) is 0 Å². The Kier molecular flexibility index (Phi) is 4.39. The zero-order chi connectivity index (χ0) is 12.1. The highest BCUT2D eigenvalue weighted by atomic mass is 79.9. The molecule has 0 radical (unpaired) electrons. The van der Waals surface area contributed by atoms with Crippen molar-refractivity contribution in [3.8, 4) is 0 Å². The van der Waals surface area contributed by atoms with E-state index in [-0.39, 0.29) is 6.03 Å². The van der Waals surface area contributed by atoms with E-state index < -0.39 is 0 Å². The summed E-state index contributed by atoms with van der Waals surface area (Å²) < 4.78 is 1.00. The summed E-state index contributed by atoms with van der Waals surface area (Å²) in [6, 6.07) is 7.38. The van der Waals surface area contributed by atoms with E-state index in [9.17, 15) is 4.79 Å². The number of urea groups is 1. The van der Waals surface area contributed by atoms with Crippen LogP contribution in [0.15, 0.2) is 28.7 Å². The lowest BCUT2D eigenvalue weighted by atomic mass is 10.1. The largest absolute Gasteiger partial charge is 0.338 e. The first-order chi connectivity index (χ1) is 8.24. The van der Waals surface area contributed by atoms with Crippen LogP contribution in [-0.4, -0.2) is 25.7 Å². The summed E-state index contributed by atoms with van der Waals surface area (Å²) in [5, 5.41) is 8.96. The van der Waals surface area contributed by atoms with Gasteiger partial charge in [-0.2, -0.15) is 0 Å². The molecular formula is C12H16BrN3O. The van der Waals surface area contributed by atoms with Crippen molar-refractivity contribution in [2.24, 2.45) is 5.92 Å². The average Bonchev–Trinajstić information content (AvgIpc) is 2.83. The maximum absolute atomic E-state index is 11.6. The normalized spacial score (nSPS) is 19.0. The summed E-state index contributed by atoms with van der Waals surface area (Å²) in [5.41, 5.74) is 0.801. The maximum Gasteiger partial charge on any atom is 0.319 e. The van der Waals surface area contributed by atoms with Crippen LogP contribution in [0.4, 0.5) is 10.5 Å². The van der Waals surface area contributed by atoms with Gasteiger partial charge in [-0.15, -0.1) is 0 Å². The Morgan fingerprint density at radius 1 is 1.41 bits per heavy atom. The molecule has 1 aliphatic heterocycles. The van der Waals surface area contributed by atoms with Gasteiger partial charge in [0, 0.05) is 16.7 Å². The molecule has 1 heterocycles. The molecule has 17 heavy (non-hydrogen) atoms. The summed E-state index contributed by atoms with van der Waals surface area (Å²) in [7, 11) is 0. The molecule has 1 aromatic rings. The molecule has 3 N–H and O–H groups in total. The van der Waals surface area contributed by atoms with Crippen LogP contribution in [0.2, 0.25) is 0 Å². The number of amides is 2. The lowest BCUT2D eigenvalue weighted by molar-refractivity contribution is 0.250. The molecule has 4 nitrogen and oxygen atoms in total. The predicted octanol–water partition coefficient (Wildman–Crippen LogP) is 2.18. The molecule has 2 amide bonds. The highest BCUT2D eigenvalue weighted by molar-refractivity contribution is 9.10. The fourth-order valence-corrected chi connectivity index (χ4v) is 2.10. The highest BCUT2D eigenvalue weighted by Gasteiger charge is 2.14. The number of hydrogen-bond donors (Lipinski definition) is 3. The Hall–Kier alpha value is -1.07. The minimum absolute atomic E-state index is 0.140. The second-order valence-electron chi connectivity index (χ2n) is 4.20. The van der Waals surface area contributed by atoms with E-state index in [0.717, 1.165) is 36.2 Å². The van der Waals surface area contributed by atoms with E-state index in [2.05, 4.69) is 31.9 Å². The molecule has 0 saturated carbocycles. The molecule has 0 spiro atoms. The second-order valence-corrected chi connectivity index (χ2v) is 5.12. The monoisotopic (exact) mass is 297 g/mol. The number of benzene rings is 1. The van der Waals surface area contributed by atoms with Crippen LogP contribution in [0.25, 0.3) is 0 Å². The van der Waals surface area contributed by atoms with Crippen molar-refractivity contribution in [1.29, 1.82) is 0 Å². The average molecular weight is 298 g/mol. The first kappa shape index (κ1) is 12.4. The fourth-order valence-electron chi connectivity index (χ4n) is 1.83. The van der Waals surface area contributed by atoms with Gasteiger partial charge in [0.1, 0.15) is 0 Å². The SMILES string of the molecule is O=C(NCC1CCNC1)Nc1ccc(Br)cc1. The number of anilines is 1. The Morgan fingerprint density at radius 3 is 2.82 bits per heavy atom. The molecule has 92 valence electrons. The Labute approximate surface area is 109 Å². The zero-order valence-electron chi connectivity index (χ0n) is 9.50. The van der Waals surface area contributed by atoms with Crippen molar-refractivity contribution in [2.45, 2.75) is 6.42 Å². The number of nitrogens with one attached hydrogen (secondary N) is 3. The molecule has 1 unspecified atom stereocenters. The number of carbonyl (C=O) groups is 1. The summed E-state index contributed by atoms with van der Waals surface area (Å²) in [6.07, 6.45) is 1.14. The molecule has 0 bridgehead atoms. The molecule has 0 aromatic heterocycles. The predicted molar refractivity (Wildman–Crippen MR) is 72.1 cm³/mol. The second kappa shape index (κ2) is 6.02. The van der Waals surface area contributed by atoms with Gasteiger partial charge in [-0.25, -0.2) is 4.79 Å². The Balaban J connectivity index is 1.74. The van der Waals surface area contributed by atoms with Crippen molar-refractivity contribution in [1.82, 2.24) is 10.6 Å².